The van der Waals surface area contributed by atoms with Crippen LogP contribution in [0.1, 0.15) is 43.2 Å². The Morgan fingerprint density at radius 2 is 1.67 bits per heavy atom. The molecule has 1 N–H and O–H groups in total. The average Bonchev–Trinajstić information content (AvgIpc) is 3.25. The Bertz CT molecular complexity index is 883. The number of nitrogens with zero attached hydrogens (tertiary/aromatic N) is 2. The minimum atomic E-state index is 0.0937. The highest BCUT2D eigenvalue weighted by atomic mass is 16.5. The lowest BCUT2D eigenvalue weighted by molar-refractivity contribution is -0.122. The van der Waals surface area contributed by atoms with Gasteiger partial charge in [-0.25, -0.2) is 0 Å². The highest BCUT2D eigenvalue weighted by Gasteiger charge is 2.20. The molecule has 1 saturated carbocycles. The van der Waals surface area contributed by atoms with Crippen LogP contribution in [0.5, 0.6) is 11.5 Å². The lowest BCUT2D eigenvalue weighted by Crippen LogP contribution is -2.39. The zero-order valence-corrected chi connectivity index (χ0v) is 19.8. The second kappa shape index (κ2) is 12.1. The second-order valence-corrected chi connectivity index (χ2v) is 9.18. The first-order chi connectivity index (χ1) is 16.2. The number of ether oxygens (including phenoxy) is 2. The number of amides is 1. The van der Waals surface area contributed by atoms with Crippen molar-refractivity contribution in [3.63, 3.8) is 0 Å². The summed E-state index contributed by atoms with van der Waals surface area (Å²) < 4.78 is 11.8. The maximum absolute atomic E-state index is 12.4. The van der Waals surface area contributed by atoms with Gasteiger partial charge in [0.05, 0.1) is 19.8 Å². The Kier molecular flexibility index (Phi) is 8.61. The molecule has 1 aliphatic carbocycles. The van der Waals surface area contributed by atoms with Gasteiger partial charge in [0.15, 0.2) is 11.5 Å². The van der Waals surface area contributed by atoms with Gasteiger partial charge in [0.1, 0.15) is 0 Å². The zero-order chi connectivity index (χ0) is 22.9. The van der Waals surface area contributed by atoms with Crippen LogP contribution < -0.4 is 14.8 Å². The molecule has 2 aromatic carbocycles. The van der Waals surface area contributed by atoms with Crippen LogP contribution in [0, 0.1) is 0 Å². The van der Waals surface area contributed by atoms with Crippen LogP contribution in [0.25, 0.3) is 0 Å². The van der Waals surface area contributed by atoms with Crippen LogP contribution in [-0.2, 0) is 17.9 Å². The average molecular weight is 452 g/mol. The van der Waals surface area contributed by atoms with E-state index >= 15 is 0 Å². The quantitative estimate of drug-likeness (QED) is 0.628. The van der Waals surface area contributed by atoms with Gasteiger partial charge >= 0.3 is 0 Å². The summed E-state index contributed by atoms with van der Waals surface area (Å²) in [6.45, 7) is 5.78. The molecule has 4 rings (SSSR count). The van der Waals surface area contributed by atoms with E-state index in [9.17, 15) is 4.79 Å². The number of carbonyl (C=O) groups excluding carboxylic acids is 1. The van der Waals surface area contributed by atoms with E-state index < -0.39 is 0 Å². The standard InChI is InChI=1S/C27H37N3O3/c1-32-25-13-12-23(18-26(25)33-24-10-5-6-11-24)20-29-14-7-15-30(17-16-29)21-27(31)28-19-22-8-3-2-4-9-22/h2-4,8-9,12-13,18,24H,5-7,10-11,14-17,19-21H2,1H3,(H,28,31). The topological polar surface area (TPSA) is 54.0 Å². The summed E-state index contributed by atoms with van der Waals surface area (Å²) >= 11 is 0. The van der Waals surface area contributed by atoms with Crippen molar-refractivity contribution in [2.45, 2.75) is 51.3 Å². The van der Waals surface area contributed by atoms with E-state index in [1.54, 1.807) is 7.11 Å². The van der Waals surface area contributed by atoms with Crippen molar-refractivity contribution in [1.82, 2.24) is 15.1 Å². The third-order valence-electron chi connectivity index (χ3n) is 6.61. The fourth-order valence-corrected chi connectivity index (χ4v) is 4.75. The molecule has 2 aliphatic rings. The summed E-state index contributed by atoms with van der Waals surface area (Å²) in [6, 6.07) is 16.4. The van der Waals surface area contributed by atoms with Crippen molar-refractivity contribution in [1.29, 1.82) is 0 Å². The van der Waals surface area contributed by atoms with E-state index in [-0.39, 0.29) is 5.91 Å². The monoisotopic (exact) mass is 451 g/mol. The summed E-state index contributed by atoms with van der Waals surface area (Å²) in [5.41, 5.74) is 2.38. The maximum Gasteiger partial charge on any atom is 0.234 e. The molecule has 6 heteroatoms. The molecule has 33 heavy (non-hydrogen) atoms. The lowest BCUT2D eigenvalue weighted by Gasteiger charge is -2.22. The third-order valence-corrected chi connectivity index (χ3v) is 6.61. The lowest BCUT2D eigenvalue weighted by atomic mass is 10.1. The molecule has 1 heterocycles. The van der Waals surface area contributed by atoms with Crippen molar-refractivity contribution in [2.75, 3.05) is 39.8 Å². The summed E-state index contributed by atoms with van der Waals surface area (Å²) in [5, 5.41) is 3.04. The van der Waals surface area contributed by atoms with E-state index in [4.69, 9.17) is 9.47 Å². The SMILES string of the molecule is COc1ccc(CN2CCCN(CC(=O)NCc3ccccc3)CC2)cc1OC1CCCC1. The maximum atomic E-state index is 12.4. The van der Waals surface area contributed by atoms with Crippen molar-refractivity contribution in [2.24, 2.45) is 0 Å². The number of hydrogen-bond acceptors (Lipinski definition) is 5. The first-order valence-electron chi connectivity index (χ1n) is 12.3. The molecule has 6 nitrogen and oxygen atoms in total. The molecule has 0 radical (unpaired) electrons. The Balaban J connectivity index is 1.26. The minimum Gasteiger partial charge on any atom is -0.493 e. The van der Waals surface area contributed by atoms with E-state index in [0.29, 0.717) is 19.2 Å². The van der Waals surface area contributed by atoms with Gasteiger partial charge in [-0.05, 0) is 68.5 Å². The predicted molar refractivity (Wildman–Crippen MR) is 131 cm³/mol. The molecule has 178 valence electrons. The van der Waals surface area contributed by atoms with Crippen LogP contribution in [0.2, 0.25) is 0 Å². The largest absolute Gasteiger partial charge is 0.493 e. The van der Waals surface area contributed by atoms with Crippen LogP contribution in [-0.4, -0.2) is 61.6 Å². The molecule has 0 unspecified atom stereocenters. The smallest absolute Gasteiger partial charge is 0.234 e. The van der Waals surface area contributed by atoms with Crippen LogP contribution >= 0.6 is 0 Å². The number of methoxy groups -OCH3 is 1. The molecular formula is C27H37N3O3. The van der Waals surface area contributed by atoms with E-state index in [0.717, 1.165) is 69.0 Å². The van der Waals surface area contributed by atoms with Gasteiger partial charge in [0.2, 0.25) is 5.91 Å². The van der Waals surface area contributed by atoms with E-state index in [1.807, 2.05) is 36.4 Å². The Hall–Kier alpha value is -2.57. The predicted octanol–water partition coefficient (Wildman–Crippen LogP) is 3.84. The fourth-order valence-electron chi connectivity index (χ4n) is 4.75. The van der Waals surface area contributed by atoms with Gasteiger partial charge in [-0.2, -0.15) is 0 Å². The Morgan fingerprint density at radius 3 is 2.45 bits per heavy atom. The summed E-state index contributed by atoms with van der Waals surface area (Å²) in [7, 11) is 1.70. The molecule has 0 spiro atoms. The van der Waals surface area contributed by atoms with Crippen molar-refractivity contribution < 1.29 is 14.3 Å². The number of rotatable bonds is 9. The fraction of sp³-hybridized carbons (Fsp3) is 0.519. The highest BCUT2D eigenvalue weighted by Crippen LogP contribution is 2.32. The molecule has 0 bridgehead atoms. The van der Waals surface area contributed by atoms with Crippen LogP contribution in [0.3, 0.4) is 0 Å². The Morgan fingerprint density at radius 1 is 0.909 bits per heavy atom. The molecule has 1 saturated heterocycles. The highest BCUT2D eigenvalue weighted by molar-refractivity contribution is 5.78. The first kappa shape index (κ1) is 23.6. The van der Waals surface area contributed by atoms with Crippen molar-refractivity contribution in [3.8, 4) is 11.5 Å². The van der Waals surface area contributed by atoms with Crippen LogP contribution in [0.15, 0.2) is 48.5 Å². The number of nitrogens with one attached hydrogen (secondary N) is 1. The molecule has 1 aliphatic heterocycles. The van der Waals surface area contributed by atoms with Gasteiger partial charge in [0.25, 0.3) is 0 Å². The van der Waals surface area contributed by atoms with Gasteiger partial charge in [0, 0.05) is 26.2 Å². The minimum absolute atomic E-state index is 0.0937. The first-order valence-corrected chi connectivity index (χ1v) is 12.3. The summed E-state index contributed by atoms with van der Waals surface area (Å²) in [5.74, 6) is 1.78. The molecule has 0 aromatic heterocycles. The molecular weight excluding hydrogens is 414 g/mol. The zero-order valence-electron chi connectivity index (χ0n) is 19.8. The molecule has 1 amide bonds. The van der Waals surface area contributed by atoms with Crippen LogP contribution in [0.4, 0.5) is 0 Å². The van der Waals surface area contributed by atoms with Gasteiger partial charge < -0.3 is 14.8 Å². The van der Waals surface area contributed by atoms with Gasteiger partial charge in [-0.3, -0.25) is 14.6 Å². The van der Waals surface area contributed by atoms with Gasteiger partial charge in [-0.1, -0.05) is 36.4 Å². The number of hydrogen-bond donors (Lipinski definition) is 1. The van der Waals surface area contributed by atoms with E-state index in [1.165, 1.54) is 18.4 Å². The second-order valence-electron chi connectivity index (χ2n) is 9.18. The summed E-state index contributed by atoms with van der Waals surface area (Å²) in [4.78, 5) is 17.2. The number of carbonyl (C=O) groups is 1. The normalized spacial score (nSPS) is 18.1. The molecule has 0 atom stereocenters. The number of benzene rings is 2. The molecule has 2 aromatic rings. The molecule has 2 fully saturated rings. The van der Waals surface area contributed by atoms with E-state index in [2.05, 4.69) is 27.2 Å². The third kappa shape index (κ3) is 7.21. The van der Waals surface area contributed by atoms with Crippen molar-refractivity contribution in [3.05, 3.63) is 59.7 Å². The van der Waals surface area contributed by atoms with Crippen molar-refractivity contribution >= 4 is 5.91 Å². The Labute approximate surface area is 197 Å². The van der Waals surface area contributed by atoms with Gasteiger partial charge in [-0.15, -0.1) is 0 Å². The summed E-state index contributed by atoms with van der Waals surface area (Å²) in [6.07, 6.45) is 6.15.